The van der Waals surface area contributed by atoms with Crippen LogP contribution in [0.25, 0.3) is 0 Å². The number of hydrogen-bond acceptors (Lipinski definition) is 8. The van der Waals surface area contributed by atoms with Crippen LogP contribution in [0.2, 0.25) is 0 Å². The molecule has 0 bridgehead atoms. The van der Waals surface area contributed by atoms with Crippen molar-refractivity contribution in [2.75, 3.05) is 49.8 Å². The van der Waals surface area contributed by atoms with Crippen LogP contribution in [0.15, 0.2) is 64.9 Å². The summed E-state index contributed by atoms with van der Waals surface area (Å²) in [6, 6.07) is 14.2. The maximum absolute atomic E-state index is 13.9. The van der Waals surface area contributed by atoms with Crippen LogP contribution >= 0.6 is 22.6 Å². The number of benzene rings is 2. The summed E-state index contributed by atoms with van der Waals surface area (Å²) >= 11 is 2.22. The number of primary amides is 1. The molecular weight excluding hydrogens is 589 g/mol. The second-order valence-corrected chi connectivity index (χ2v) is 9.59. The molecule has 2 aliphatic rings. The number of ether oxygens (including phenoxy) is 2. The highest BCUT2D eigenvalue weighted by atomic mass is 127. The molecule has 2 heterocycles. The van der Waals surface area contributed by atoms with E-state index in [2.05, 4.69) is 33.1 Å². The van der Waals surface area contributed by atoms with Crippen molar-refractivity contribution in [1.82, 2.24) is 4.90 Å². The minimum atomic E-state index is -0.641. The van der Waals surface area contributed by atoms with Crippen molar-refractivity contribution in [2.45, 2.75) is 13.3 Å². The number of amides is 2. The number of rotatable bonds is 8. The van der Waals surface area contributed by atoms with Gasteiger partial charge >= 0.3 is 5.97 Å². The molecule has 0 atom stereocenters. The SMILES string of the molecule is CCOC(=O)/C(=N\Nc1cccc(C(N)=O)c1)C1=C(N2CCOCC2)C(=O)N(c2ccc(I)cc2)CC1. The number of hydrogen-bond donors (Lipinski definition) is 2. The fourth-order valence-electron chi connectivity index (χ4n) is 4.21. The van der Waals surface area contributed by atoms with Gasteiger partial charge in [0, 0.05) is 40.0 Å². The number of carbonyl (C=O) groups excluding carboxylic acids is 3. The Morgan fingerprint density at radius 2 is 1.86 bits per heavy atom. The predicted molar refractivity (Wildman–Crippen MR) is 148 cm³/mol. The van der Waals surface area contributed by atoms with Gasteiger partial charge in [0.1, 0.15) is 5.70 Å². The number of carbonyl (C=O) groups is 3. The third-order valence-corrected chi connectivity index (χ3v) is 6.70. The Bertz CT molecular complexity index is 1240. The van der Waals surface area contributed by atoms with Gasteiger partial charge in [0.2, 0.25) is 5.91 Å². The second-order valence-electron chi connectivity index (χ2n) is 8.35. The molecule has 0 spiro atoms. The molecule has 2 aromatic carbocycles. The van der Waals surface area contributed by atoms with Crippen LogP contribution < -0.4 is 16.1 Å². The fraction of sp³-hybridized carbons (Fsp3) is 0.308. The van der Waals surface area contributed by atoms with Crippen molar-refractivity contribution in [3.8, 4) is 0 Å². The van der Waals surface area contributed by atoms with E-state index in [1.807, 2.05) is 29.2 Å². The lowest BCUT2D eigenvalue weighted by atomic mass is 9.97. The molecule has 194 valence electrons. The number of hydrazone groups is 1. The molecule has 37 heavy (non-hydrogen) atoms. The number of nitrogens with zero attached hydrogens (tertiary/aromatic N) is 3. The van der Waals surface area contributed by atoms with Crippen LogP contribution in [-0.4, -0.2) is 67.9 Å². The van der Waals surface area contributed by atoms with Crippen molar-refractivity contribution in [3.63, 3.8) is 0 Å². The van der Waals surface area contributed by atoms with Crippen molar-refractivity contribution in [3.05, 3.63) is 68.9 Å². The Kier molecular flexibility index (Phi) is 8.77. The van der Waals surface area contributed by atoms with Crippen LogP contribution in [-0.2, 0) is 19.1 Å². The number of morpholine rings is 1. The quantitative estimate of drug-likeness (QED) is 0.202. The molecule has 0 unspecified atom stereocenters. The first kappa shape index (κ1) is 26.6. The number of halogens is 1. The van der Waals surface area contributed by atoms with Crippen LogP contribution in [0, 0.1) is 3.57 Å². The average molecular weight is 617 g/mol. The summed E-state index contributed by atoms with van der Waals surface area (Å²) < 4.78 is 11.9. The standard InChI is InChI=1S/C26H28IN5O5/c1-2-37-26(35)22(30-29-19-5-3-4-17(16-19)24(28)33)21-10-11-32(20-8-6-18(27)7-9-20)25(34)23(21)31-12-14-36-15-13-31/h3-9,16,29H,2,10-15H2,1H3,(H2,28,33)/b30-22-. The largest absolute Gasteiger partial charge is 0.461 e. The van der Waals surface area contributed by atoms with Gasteiger partial charge in [-0.1, -0.05) is 6.07 Å². The lowest BCUT2D eigenvalue weighted by Gasteiger charge is -2.38. The molecule has 1 fully saturated rings. The highest BCUT2D eigenvalue weighted by Crippen LogP contribution is 2.29. The van der Waals surface area contributed by atoms with Gasteiger partial charge in [-0.2, -0.15) is 5.10 Å². The maximum Gasteiger partial charge on any atom is 0.359 e. The van der Waals surface area contributed by atoms with Crippen molar-refractivity contribution >= 4 is 57.5 Å². The van der Waals surface area contributed by atoms with Crippen molar-refractivity contribution in [1.29, 1.82) is 0 Å². The molecular formula is C26H28IN5O5. The zero-order chi connectivity index (χ0) is 26.4. The number of anilines is 2. The maximum atomic E-state index is 13.9. The molecule has 2 aliphatic heterocycles. The lowest BCUT2D eigenvalue weighted by Crippen LogP contribution is -2.48. The molecule has 1 saturated heterocycles. The second kappa shape index (κ2) is 12.2. The Labute approximate surface area is 228 Å². The molecule has 0 saturated carbocycles. The topological polar surface area (TPSA) is 127 Å². The van der Waals surface area contributed by atoms with E-state index >= 15 is 0 Å². The average Bonchev–Trinajstić information content (AvgIpc) is 2.90. The van der Waals surface area contributed by atoms with Gasteiger partial charge in [-0.25, -0.2) is 4.79 Å². The van der Waals surface area contributed by atoms with Gasteiger partial charge in [0.05, 0.1) is 25.5 Å². The lowest BCUT2D eigenvalue weighted by molar-refractivity contribution is -0.135. The molecule has 0 radical (unpaired) electrons. The highest BCUT2D eigenvalue weighted by molar-refractivity contribution is 14.1. The summed E-state index contributed by atoms with van der Waals surface area (Å²) in [6.07, 6.45) is 0.394. The Hall–Kier alpha value is -3.45. The van der Waals surface area contributed by atoms with E-state index in [9.17, 15) is 14.4 Å². The molecule has 10 nitrogen and oxygen atoms in total. The zero-order valence-corrected chi connectivity index (χ0v) is 22.6. The van der Waals surface area contributed by atoms with Gasteiger partial charge in [0.15, 0.2) is 5.71 Å². The van der Waals surface area contributed by atoms with Crippen LogP contribution in [0.3, 0.4) is 0 Å². The Balaban J connectivity index is 1.77. The highest BCUT2D eigenvalue weighted by Gasteiger charge is 2.36. The van der Waals surface area contributed by atoms with Gasteiger partial charge in [-0.05, 0) is 78.4 Å². The molecule has 4 rings (SSSR count). The van der Waals surface area contributed by atoms with E-state index in [0.29, 0.717) is 61.8 Å². The predicted octanol–water partition coefficient (Wildman–Crippen LogP) is 2.74. The summed E-state index contributed by atoms with van der Waals surface area (Å²) in [7, 11) is 0. The van der Waals surface area contributed by atoms with Gasteiger partial charge in [0.25, 0.3) is 5.91 Å². The van der Waals surface area contributed by atoms with Crippen LogP contribution in [0.5, 0.6) is 0 Å². The van der Waals surface area contributed by atoms with E-state index in [1.165, 1.54) is 6.07 Å². The number of esters is 1. The third-order valence-electron chi connectivity index (χ3n) is 5.98. The smallest absolute Gasteiger partial charge is 0.359 e. The monoisotopic (exact) mass is 617 g/mol. The van der Waals surface area contributed by atoms with Crippen molar-refractivity contribution < 1.29 is 23.9 Å². The fourth-order valence-corrected chi connectivity index (χ4v) is 4.57. The van der Waals surface area contributed by atoms with E-state index < -0.39 is 11.9 Å². The van der Waals surface area contributed by atoms with Crippen molar-refractivity contribution in [2.24, 2.45) is 10.8 Å². The first-order valence-electron chi connectivity index (χ1n) is 11.9. The Morgan fingerprint density at radius 3 is 2.54 bits per heavy atom. The molecule has 3 N–H and O–H groups in total. The van der Waals surface area contributed by atoms with E-state index in [0.717, 1.165) is 9.26 Å². The van der Waals surface area contributed by atoms with E-state index in [1.54, 1.807) is 30.0 Å². The first-order valence-corrected chi connectivity index (χ1v) is 13.0. The number of nitrogens with one attached hydrogen (secondary N) is 1. The molecule has 11 heteroatoms. The van der Waals surface area contributed by atoms with E-state index in [-0.39, 0.29) is 18.2 Å². The minimum absolute atomic E-state index is 0.0171. The first-order chi connectivity index (χ1) is 17.9. The summed E-state index contributed by atoms with van der Waals surface area (Å²) in [5, 5.41) is 4.38. The molecule has 2 amide bonds. The summed E-state index contributed by atoms with van der Waals surface area (Å²) in [4.78, 5) is 42.2. The molecule has 2 aromatic rings. The normalized spacial score (nSPS) is 16.6. The van der Waals surface area contributed by atoms with Gasteiger partial charge < -0.3 is 25.0 Å². The molecule has 0 aliphatic carbocycles. The van der Waals surface area contributed by atoms with Gasteiger partial charge in [-0.15, -0.1) is 0 Å². The van der Waals surface area contributed by atoms with Crippen LogP contribution in [0.4, 0.5) is 11.4 Å². The Morgan fingerprint density at radius 1 is 1.14 bits per heavy atom. The summed E-state index contributed by atoms with van der Waals surface area (Å²) in [6.45, 7) is 4.19. The summed E-state index contributed by atoms with van der Waals surface area (Å²) in [5.74, 6) is -1.43. The van der Waals surface area contributed by atoms with Crippen LogP contribution in [0.1, 0.15) is 23.7 Å². The molecule has 0 aromatic heterocycles. The third kappa shape index (κ3) is 6.28. The van der Waals surface area contributed by atoms with Gasteiger partial charge in [-0.3, -0.25) is 15.0 Å². The number of nitrogens with two attached hydrogens (primary N) is 1. The minimum Gasteiger partial charge on any atom is -0.461 e. The van der Waals surface area contributed by atoms with E-state index in [4.69, 9.17) is 15.2 Å². The zero-order valence-electron chi connectivity index (χ0n) is 20.4. The summed E-state index contributed by atoms with van der Waals surface area (Å²) in [5.41, 5.74) is 10.7.